The number of aryl methyl sites for hydroxylation is 2. The molecule has 0 spiro atoms. The Kier molecular flexibility index (Phi) is 5.82. The van der Waals surface area contributed by atoms with Gasteiger partial charge in [0, 0.05) is 0 Å². The molecule has 2 rings (SSSR count). The van der Waals surface area contributed by atoms with Crippen molar-refractivity contribution in [3.8, 4) is 0 Å². The van der Waals surface area contributed by atoms with Gasteiger partial charge in [-0.15, -0.1) is 0 Å². The molecule has 0 aromatic heterocycles. The second kappa shape index (κ2) is 6.91. The first-order chi connectivity index (χ1) is 11.7. The van der Waals surface area contributed by atoms with Crippen molar-refractivity contribution in [2.45, 2.75) is 89.4 Å². The van der Waals surface area contributed by atoms with E-state index < -0.39 is 25.9 Å². The summed E-state index contributed by atoms with van der Waals surface area (Å²) < 4.78 is 1.86. The molecule has 0 N–H and O–H groups in total. The molecule has 1 aliphatic carbocycles. The summed E-state index contributed by atoms with van der Waals surface area (Å²) in [6, 6.07) is 7.34. The van der Waals surface area contributed by atoms with Gasteiger partial charge in [0.1, 0.15) is 0 Å². The fraction of sp³-hybridized carbons (Fsp3) is 0.583. The molecule has 0 saturated heterocycles. The van der Waals surface area contributed by atoms with Crippen LogP contribution in [0, 0.1) is 13.8 Å². The van der Waals surface area contributed by atoms with Gasteiger partial charge in [-0.2, -0.15) is 0 Å². The van der Waals surface area contributed by atoms with Crippen LogP contribution in [0.5, 0.6) is 0 Å². The van der Waals surface area contributed by atoms with Crippen LogP contribution in [0.2, 0.25) is 27.1 Å². The number of hydrogen-bond donors (Lipinski definition) is 0. The summed E-state index contributed by atoms with van der Waals surface area (Å²) in [6.45, 7) is 24.5. The van der Waals surface area contributed by atoms with Crippen LogP contribution >= 0.6 is 0 Å². The quantitative estimate of drug-likeness (QED) is 0.459. The molecular weight excluding hydrogens is 364 g/mol. The Balaban J connectivity index is 2.96. The number of benzene rings is 1. The molecular formula is C24H39SiTi. The van der Waals surface area contributed by atoms with Crippen LogP contribution in [0.25, 0.3) is 0 Å². The average molecular weight is 404 g/mol. The third kappa shape index (κ3) is 2.99. The second-order valence-corrected chi connectivity index (χ2v) is 19.4. The Morgan fingerprint density at radius 1 is 0.846 bits per heavy atom. The van der Waals surface area contributed by atoms with Crippen LogP contribution in [-0.4, -0.2) is 8.07 Å². The molecule has 1 aromatic carbocycles. The van der Waals surface area contributed by atoms with Crippen molar-refractivity contribution in [1.82, 2.24) is 0 Å². The Labute approximate surface area is 170 Å². The van der Waals surface area contributed by atoms with E-state index in [1.165, 1.54) is 11.1 Å². The maximum absolute atomic E-state index is 2.68. The van der Waals surface area contributed by atoms with Gasteiger partial charge in [0.05, 0.1) is 0 Å². The molecule has 0 bridgehead atoms. The van der Waals surface area contributed by atoms with Crippen molar-refractivity contribution in [1.29, 1.82) is 0 Å². The van der Waals surface area contributed by atoms with Crippen molar-refractivity contribution < 1.29 is 17.9 Å². The first-order valence-electron chi connectivity index (χ1n) is 9.98. The molecule has 2 unspecified atom stereocenters. The van der Waals surface area contributed by atoms with Crippen molar-refractivity contribution in [2.24, 2.45) is 0 Å². The van der Waals surface area contributed by atoms with Crippen LogP contribution in [-0.2, 0) is 17.9 Å². The van der Waals surface area contributed by atoms with Gasteiger partial charge in [0.25, 0.3) is 0 Å². The summed E-state index contributed by atoms with van der Waals surface area (Å²) >= 11 is -1.23. The molecule has 0 amide bonds. The SMILES string of the molecule is CC1=C(C)C(C)([Si](C)(c2cc(C)cc(C)c2)C(C)(C)C)[C]([Ti]([CH3])[CH3])=C1C. The summed E-state index contributed by atoms with van der Waals surface area (Å²) in [5.74, 6) is 0. The van der Waals surface area contributed by atoms with Gasteiger partial charge in [0.15, 0.2) is 0 Å². The monoisotopic (exact) mass is 403 g/mol. The summed E-state index contributed by atoms with van der Waals surface area (Å²) in [5.41, 5.74) is 7.67. The fourth-order valence-electron chi connectivity index (χ4n) is 5.64. The van der Waals surface area contributed by atoms with E-state index in [0.717, 1.165) is 0 Å². The van der Waals surface area contributed by atoms with E-state index in [1.807, 2.05) is 3.88 Å². The third-order valence-electron chi connectivity index (χ3n) is 7.55. The third-order valence-corrected chi connectivity index (χ3v) is 17.9. The molecule has 0 aliphatic heterocycles. The van der Waals surface area contributed by atoms with Crippen LogP contribution in [0.4, 0.5) is 0 Å². The zero-order valence-corrected chi connectivity index (χ0v) is 21.8. The summed E-state index contributed by atoms with van der Waals surface area (Å²) in [4.78, 5) is 0. The Bertz CT molecular complexity index is 771. The van der Waals surface area contributed by atoms with Gasteiger partial charge in [-0.05, 0) is 0 Å². The zero-order valence-electron chi connectivity index (χ0n) is 19.2. The number of rotatable bonds is 3. The predicted octanol–water partition coefficient (Wildman–Crippen LogP) is 7.49. The first kappa shape index (κ1) is 21.9. The minimum absolute atomic E-state index is 0.235. The van der Waals surface area contributed by atoms with Gasteiger partial charge in [-0.25, -0.2) is 0 Å². The molecule has 143 valence electrons. The average Bonchev–Trinajstić information content (AvgIpc) is 2.66. The molecule has 0 fully saturated rings. The fourth-order valence-corrected chi connectivity index (χ4v) is 16.8. The molecule has 1 aromatic rings. The van der Waals surface area contributed by atoms with Gasteiger partial charge in [-0.3, -0.25) is 0 Å². The predicted molar refractivity (Wildman–Crippen MR) is 118 cm³/mol. The second-order valence-electron chi connectivity index (χ2n) is 10.1. The van der Waals surface area contributed by atoms with Crippen molar-refractivity contribution >= 4 is 13.3 Å². The van der Waals surface area contributed by atoms with E-state index in [2.05, 4.69) is 97.5 Å². The minimum atomic E-state index is -1.93. The first-order valence-corrected chi connectivity index (χ1v) is 16.4. The van der Waals surface area contributed by atoms with Crippen LogP contribution in [0.3, 0.4) is 0 Å². The van der Waals surface area contributed by atoms with Crippen molar-refractivity contribution in [2.75, 3.05) is 0 Å². The Morgan fingerprint density at radius 2 is 1.31 bits per heavy atom. The molecule has 2 heteroatoms. The molecule has 0 heterocycles. The van der Waals surface area contributed by atoms with Gasteiger partial charge >= 0.3 is 170 Å². The summed E-state index contributed by atoms with van der Waals surface area (Å²) in [6.07, 6.45) is 0. The van der Waals surface area contributed by atoms with E-state index in [0.29, 0.717) is 0 Å². The van der Waals surface area contributed by atoms with Crippen LogP contribution < -0.4 is 5.19 Å². The number of hydrogen-bond acceptors (Lipinski definition) is 0. The van der Waals surface area contributed by atoms with Crippen molar-refractivity contribution in [3.63, 3.8) is 0 Å². The topological polar surface area (TPSA) is 0 Å². The molecule has 0 nitrogen and oxygen atoms in total. The molecule has 0 saturated carbocycles. The zero-order chi connectivity index (χ0) is 20.2. The summed E-state index contributed by atoms with van der Waals surface area (Å²) in [5, 5.41) is 7.28. The van der Waals surface area contributed by atoms with E-state index >= 15 is 0 Å². The van der Waals surface area contributed by atoms with Gasteiger partial charge in [0.2, 0.25) is 0 Å². The molecule has 26 heavy (non-hydrogen) atoms. The van der Waals surface area contributed by atoms with Crippen LogP contribution in [0.15, 0.2) is 38.8 Å². The molecule has 0 radical (unpaired) electrons. The normalized spacial score (nSPS) is 23.5. The van der Waals surface area contributed by atoms with E-state index in [1.54, 1.807) is 21.9 Å². The van der Waals surface area contributed by atoms with Crippen molar-refractivity contribution in [3.05, 3.63) is 49.9 Å². The van der Waals surface area contributed by atoms with Crippen LogP contribution in [0.1, 0.15) is 59.6 Å². The van der Waals surface area contributed by atoms with Gasteiger partial charge in [-0.1, -0.05) is 0 Å². The molecule has 2 atom stereocenters. The van der Waals surface area contributed by atoms with Gasteiger partial charge < -0.3 is 0 Å². The number of allylic oxidation sites excluding steroid dienone is 4. The summed E-state index contributed by atoms with van der Waals surface area (Å²) in [7, 11) is -1.93. The standard InChI is InChI=1S/C22H33Si.2CH3.Ti/c1-15-11-16(2)13-20(12-15)23(10,21(6,7)8)22(9)14-17(3)18(4)19(22)5;;;/h11-13H,1-10H3;2*1H3;. The van der Waals surface area contributed by atoms with E-state index in [-0.39, 0.29) is 10.1 Å². The Hall–Kier alpha value is -0.369. The maximum atomic E-state index is 2.68. The van der Waals surface area contributed by atoms with E-state index in [9.17, 15) is 0 Å². The molecule has 1 aliphatic rings. The Morgan fingerprint density at radius 3 is 1.69 bits per heavy atom. The van der Waals surface area contributed by atoms with E-state index in [4.69, 9.17) is 0 Å².